The van der Waals surface area contributed by atoms with Crippen molar-refractivity contribution in [2.45, 2.75) is 18.9 Å². The number of nitrogens with one attached hydrogen (secondary N) is 2. The highest BCUT2D eigenvalue weighted by atomic mass is 79.9. The first-order chi connectivity index (χ1) is 8.98. The number of aryl methyl sites for hydroxylation is 1. The molecule has 104 valence electrons. The second-order valence-electron chi connectivity index (χ2n) is 4.80. The number of carbonyl (C=O) groups excluding carboxylic acids is 1. The molecule has 0 radical (unpaired) electrons. The summed E-state index contributed by atoms with van der Waals surface area (Å²) in [7, 11) is 0. The molecule has 0 bridgehead atoms. The third kappa shape index (κ3) is 4.12. The van der Waals surface area contributed by atoms with E-state index in [1.165, 1.54) is 0 Å². The average molecular weight is 345 g/mol. The van der Waals surface area contributed by atoms with Crippen molar-refractivity contribution in [3.05, 3.63) is 28.2 Å². The lowest BCUT2D eigenvalue weighted by molar-refractivity contribution is 0.0706. The number of carbonyl (C=O) groups is 1. The standard InChI is InChI=1S/C13H17BrN2O2S/c1-9-6-10(2-3-11(9)14)16-12(17)15-7-13(18)4-5-19-8-13/h2-3,6,18H,4-5,7-8H2,1H3,(H2,15,16,17). The van der Waals surface area contributed by atoms with Crippen LogP contribution in [0.25, 0.3) is 0 Å². The van der Waals surface area contributed by atoms with Crippen LogP contribution in [-0.2, 0) is 0 Å². The van der Waals surface area contributed by atoms with Gasteiger partial charge in [0.2, 0.25) is 0 Å². The van der Waals surface area contributed by atoms with Crippen LogP contribution in [0.5, 0.6) is 0 Å². The molecule has 1 aliphatic rings. The Morgan fingerprint density at radius 2 is 2.37 bits per heavy atom. The Bertz CT molecular complexity index is 476. The van der Waals surface area contributed by atoms with Crippen LogP contribution in [0.1, 0.15) is 12.0 Å². The Balaban J connectivity index is 1.85. The number of amides is 2. The van der Waals surface area contributed by atoms with Gasteiger partial charge in [0.05, 0.1) is 5.60 Å². The molecule has 1 fully saturated rings. The van der Waals surface area contributed by atoms with Gasteiger partial charge in [0.25, 0.3) is 0 Å². The smallest absolute Gasteiger partial charge is 0.319 e. The summed E-state index contributed by atoms with van der Waals surface area (Å²) in [5.74, 6) is 1.64. The number of halogens is 1. The van der Waals surface area contributed by atoms with Crippen molar-refractivity contribution in [2.75, 3.05) is 23.4 Å². The van der Waals surface area contributed by atoms with Crippen molar-refractivity contribution < 1.29 is 9.90 Å². The third-order valence-electron chi connectivity index (χ3n) is 3.08. The largest absolute Gasteiger partial charge is 0.387 e. The molecule has 1 aliphatic heterocycles. The molecule has 6 heteroatoms. The average Bonchev–Trinajstić information content (AvgIpc) is 2.79. The Morgan fingerprint density at radius 1 is 1.58 bits per heavy atom. The Hall–Kier alpha value is -0.720. The number of aliphatic hydroxyl groups is 1. The fourth-order valence-corrected chi connectivity index (χ4v) is 3.42. The topological polar surface area (TPSA) is 61.4 Å². The SMILES string of the molecule is Cc1cc(NC(=O)NCC2(O)CCSC2)ccc1Br. The van der Waals surface area contributed by atoms with E-state index in [2.05, 4.69) is 26.6 Å². The van der Waals surface area contributed by atoms with Crippen LogP contribution >= 0.6 is 27.7 Å². The minimum Gasteiger partial charge on any atom is -0.387 e. The zero-order valence-electron chi connectivity index (χ0n) is 10.7. The van der Waals surface area contributed by atoms with Gasteiger partial charge in [-0.15, -0.1) is 0 Å². The van der Waals surface area contributed by atoms with E-state index in [4.69, 9.17) is 0 Å². The second kappa shape index (κ2) is 6.15. The number of hydrogen-bond donors (Lipinski definition) is 3. The zero-order chi connectivity index (χ0) is 13.9. The summed E-state index contributed by atoms with van der Waals surface area (Å²) in [4.78, 5) is 11.8. The predicted molar refractivity (Wildman–Crippen MR) is 82.8 cm³/mol. The quantitative estimate of drug-likeness (QED) is 0.789. The van der Waals surface area contributed by atoms with E-state index in [0.717, 1.165) is 27.9 Å². The van der Waals surface area contributed by atoms with E-state index in [1.807, 2.05) is 25.1 Å². The lowest BCUT2D eigenvalue weighted by Gasteiger charge is -2.21. The summed E-state index contributed by atoms with van der Waals surface area (Å²) in [6.07, 6.45) is 0.731. The third-order valence-corrected chi connectivity index (χ3v) is 5.20. The number of thioether (sulfide) groups is 1. The van der Waals surface area contributed by atoms with Crippen LogP contribution in [0.4, 0.5) is 10.5 Å². The Morgan fingerprint density at radius 3 is 3.00 bits per heavy atom. The van der Waals surface area contributed by atoms with Gasteiger partial charge in [-0.05, 0) is 42.9 Å². The number of urea groups is 1. The van der Waals surface area contributed by atoms with E-state index in [-0.39, 0.29) is 6.03 Å². The zero-order valence-corrected chi connectivity index (χ0v) is 13.1. The van der Waals surface area contributed by atoms with Crippen molar-refractivity contribution in [2.24, 2.45) is 0 Å². The van der Waals surface area contributed by atoms with E-state index < -0.39 is 5.60 Å². The molecule has 0 saturated carbocycles. The summed E-state index contributed by atoms with van der Waals surface area (Å²) in [6.45, 7) is 2.26. The van der Waals surface area contributed by atoms with Gasteiger partial charge in [0.1, 0.15) is 0 Å². The predicted octanol–water partition coefficient (Wildman–Crippen LogP) is 2.75. The number of rotatable bonds is 3. The molecule has 1 saturated heterocycles. The Labute approximate surface area is 125 Å². The van der Waals surface area contributed by atoms with Gasteiger partial charge in [-0.3, -0.25) is 0 Å². The summed E-state index contributed by atoms with van der Waals surface area (Å²) < 4.78 is 1.01. The van der Waals surface area contributed by atoms with E-state index in [9.17, 15) is 9.90 Å². The van der Waals surface area contributed by atoms with Gasteiger partial charge >= 0.3 is 6.03 Å². The second-order valence-corrected chi connectivity index (χ2v) is 6.76. The maximum absolute atomic E-state index is 11.8. The highest BCUT2D eigenvalue weighted by Gasteiger charge is 2.31. The fraction of sp³-hybridized carbons (Fsp3) is 0.462. The van der Waals surface area contributed by atoms with E-state index in [1.54, 1.807) is 11.8 Å². The Kier molecular flexibility index (Phi) is 4.76. The first kappa shape index (κ1) is 14.7. The molecule has 1 heterocycles. The van der Waals surface area contributed by atoms with Gasteiger partial charge in [0, 0.05) is 22.5 Å². The van der Waals surface area contributed by atoms with Crippen molar-refractivity contribution >= 4 is 39.4 Å². The van der Waals surface area contributed by atoms with Crippen molar-refractivity contribution in [1.29, 1.82) is 0 Å². The van der Waals surface area contributed by atoms with Gasteiger partial charge in [-0.2, -0.15) is 11.8 Å². The highest BCUT2D eigenvalue weighted by molar-refractivity contribution is 9.10. The minimum absolute atomic E-state index is 0.285. The summed E-state index contributed by atoms with van der Waals surface area (Å²) in [5.41, 5.74) is 1.05. The number of benzene rings is 1. The molecule has 2 rings (SSSR count). The van der Waals surface area contributed by atoms with Crippen LogP contribution in [-0.4, -0.2) is 34.8 Å². The monoisotopic (exact) mass is 344 g/mol. The van der Waals surface area contributed by atoms with Gasteiger partial charge < -0.3 is 15.7 Å². The molecule has 1 aromatic rings. The molecule has 4 nitrogen and oxygen atoms in total. The fourth-order valence-electron chi connectivity index (χ4n) is 1.88. The summed E-state index contributed by atoms with van der Waals surface area (Å²) >= 11 is 5.13. The molecule has 1 unspecified atom stereocenters. The first-order valence-electron chi connectivity index (χ1n) is 6.10. The maximum atomic E-state index is 11.8. The summed E-state index contributed by atoms with van der Waals surface area (Å²) in [5, 5.41) is 15.6. The van der Waals surface area contributed by atoms with Gasteiger partial charge in [-0.25, -0.2) is 4.79 Å². The van der Waals surface area contributed by atoms with Crippen LogP contribution < -0.4 is 10.6 Å². The molecule has 19 heavy (non-hydrogen) atoms. The van der Waals surface area contributed by atoms with Crippen molar-refractivity contribution in [3.8, 4) is 0 Å². The molecular formula is C13H17BrN2O2S. The highest BCUT2D eigenvalue weighted by Crippen LogP contribution is 2.27. The number of anilines is 1. The molecule has 1 aromatic carbocycles. The number of hydrogen-bond acceptors (Lipinski definition) is 3. The van der Waals surface area contributed by atoms with Gasteiger partial charge in [-0.1, -0.05) is 15.9 Å². The maximum Gasteiger partial charge on any atom is 0.319 e. The van der Waals surface area contributed by atoms with Crippen LogP contribution in [0.3, 0.4) is 0 Å². The normalized spacial score (nSPS) is 22.3. The molecule has 0 spiro atoms. The molecule has 3 N–H and O–H groups in total. The van der Waals surface area contributed by atoms with Crippen LogP contribution in [0, 0.1) is 6.92 Å². The molecule has 0 aliphatic carbocycles. The lowest BCUT2D eigenvalue weighted by Crippen LogP contribution is -2.44. The van der Waals surface area contributed by atoms with Crippen LogP contribution in [0.15, 0.2) is 22.7 Å². The van der Waals surface area contributed by atoms with Crippen molar-refractivity contribution in [1.82, 2.24) is 5.32 Å². The van der Waals surface area contributed by atoms with Crippen molar-refractivity contribution in [3.63, 3.8) is 0 Å². The van der Waals surface area contributed by atoms with E-state index >= 15 is 0 Å². The first-order valence-corrected chi connectivity index (χ1v) is 8.04. The molecule has 1 atom stereocenters. The minimum atomic E-state index is -0.752. The molecule has 0 aromatic heterocycles. The van der Waals surface area contributed by atoms with Crippen LogP contribution in [0.2, 0.25) is 0 Å². The van der Waals surface area contributed by atoms with E-state index in [0.29, 0.717) is 12.3 Å². The molecular weight excluding hydrogens is 328 g/mol. The summed E-state index contributed by atoms with van der Waals surface area (Å²) in [6, 6.07) is 5.33. The molecule has 2 amide bonds. The van der Waals surface area contributed by atoms with Gasteiger partial charge in [0.15, 0.2) is 0 Å². The lowest BCUT2D eigenvalue weighted by atomic mass is 10.0.